The average Bonchev–Trinajstić information content (AvgIpc) is 3.13. The Labute approximate surface area is 166 Å². The van der Waals surface area contributed by atoms with Crippen LogP contribution in [0.3, 0.4) is 0 Å². The topological polar surface area (TPSA) is 57.6 Å². The molecule has 1 saturated heterocycles. The minimum absolute atomic E-state index is 0.0293. The smallest absolute Gasteiger partial charge is 0.303 e. The maximum absolute atomic E-state index is 12.6. The molecule has 0 atom stereocenters. The van der Waals surface area contributed by atoms with Crippen LogP contribution in [-0.4, -0.2) is 32.7 Å². The quantitative estimate of drug-likeness (QED) is 0.515. The predicted molar refractivity (Wildman–Crippen MR) is 111 cm³/mol. The van der Waals surface area contributed by atoms with E-state index in [9.17, 15) is 9.59 Å². The lowest BCUT2D eigenvalue weighted by molar-refractivity contribution is -0.137. The second kappa shape index (κ2) is 7.29. The Morgan fingerprint density at radius 3 is 2.78 bits per heavy atom. The maximum Gasteiger partial charge on any atom is 0.303 e. The van der Waals surface area contributed by atoms with Gasteiger partial charge in [-0.05, 0) is 46.7 Å². The van der Waals surface area contributed by atoms with E-state index in [1.807, 2.05) is 12.1 Å². The van der Waals surface area contributed by atoms with Crippen LogP contribution in [0.15, 0.2) is 47.4 Å². The van der Waals surface area contributed by atoms with Gasteiger partial charge in [0, 0.05) is 13.0 Å². The number of rotatable bonds is 5. The van der Waals surface area contributed by atoms with Gasteiger partial charge in [-0.3, -0.25) is 14.5 Å². The molecule has 4 nitrogen and oxygen atoms in total. The normalized spacial score (nSPS) is 16.7. The molecule has 0 aromatic heterocycles. The lowest BCUT2D eigenvalue weighted by Gasteiger charge is -2.13. The van der Waals surface area contributed by atoms with Crippen LogP contribution < -0.4 is 0 Å². The molecule has 0 radical (unpaired) electrons. The molecule has 1 aliphatic carbocycles. The predicted octanol–water partition coefficient (Wildman–Crippen LogP) is 4.32. The van der Waals surface area contributed by atoms with E-state index >= 15 is 0 Å². The van der Waals surface area contributed by atoms with E-state index in [4.69, 9.17) is 17.3 Å². The number of benzene rings is 2. The van der Waals surface area contributed by atoms with Gasteiger partial charge >= 0.3 is 5.97 Å². The van der Waals surface area contributed by atoms with Crippen molar-refractivity contribution >= 4 is 46.3 Å². The Kier molecular flexibility index (Phi) is 4.85. The number of carboxylic acids is 1. The van der Waals surface area contributed by atoms with Crippen LogP contribution in [0.5, 0.6) is 0 Å². The maximum atomic E-state index is 12.6. The van der Waals surface area contributed by atoms with Crippen molar-refractivity contribution < 1.29 is 14.7 Å². The number of carbonyl (C=O) groups excluding carboxylic acids is 1. The third-order valence-corrected chi connectivity index (χ3v) is 6.14. The fraction of sp³-hybridized carbons (Fsp3) is 0.190. The molecule has 0 unspecified atom stereocenters. The highest BCUT2D eigenvalue weighted by atomic mass is 32.2. The molecule has 27 heavy (non-hydrogen) atoms. The molecule has 1 heterocycles. The number of hydrogen-bond donors (Lipinski definition) is 1. The Hall–Kier alpha value is -2.44. The Bertz CT molecular complexity index is 997. The summed E-state index contributed by atoms with van der Waals surface area (Å²) in [5.41, 5.74) is 6.11. The summed E-state index contributed by atoms with van der Waals surface area (Å²) in [5, 5.41) is 8.76. The van der Waals surface area contributed by atoms with Crippen LogP contribution in [0, 0.1) is 0 Å². The van der Waals surface area contributed by atoms with Gasteiger partial charge in [-0.1, -0.05) is 66.4 Å². The van der Waals surface area contributed by atoms with E-state index in [0.717, 1.165) is 12.0 Å². The highest BCUT2D eigenvalue weighted by Crippen LogP contribution is 2.38. The molecule has 136 valence electrons. The molecule has 2 aromatic rings. The summed E-state index contributed by atoms with van der Waals surface area (Å²) in [6, 6.07) is 14.7. The zero-order chi connectivity index (χ0) is 19.0. The Morgan fingerprint density at radius 1 is 1.19 bits per heavy atom. The molecule has 1 fully saturated rings. The third kappa shape index (κ3) is 3.55. The summed E-state index contributed by atoms with van der Waals surface area (Å²) < 4.78 is 0.491. The molecule has 0 bridgehead atoms. The zero-order valence-corrected chi connectivity index (χ0v) is 16.1. The van der Waals surface area contributed by atoms with Crippen molar-refractivity contribution in [3.05, 3.63) is 64.1 Å². The first-order chi connectivity index (χ1) is 13.0. The van der Waals surface area contributed by atoms with Crippen LogP contribution in [0.4, 0.5) is 0 Å². The third-order valence-electron chi connectivity index (χ3n) is 4.76. The van der Waals surface area contributed by atoms with Gasteiger partial charge in [-0.25, -0.2) is 0 Å². The second-order valence-corrected chi connectivity index (χ2v) is 8.26. The van der Waals surface area contributed by atoms with Gasteiger partial charge in [0.15, 0.2) is 0 Å². The van der Waals surface area contributed by atoms with E-state index < -0.39 is 5.97 Å². The van der Waals surface area contributed by atoms with Crippen molar-refractivity contribution in [1.82, 2.24) is 4.90 Å². The van der Waals surface area contributed by atoms with Crippen molar-refractivity contribution in [2.45, 2.75) is 19.3 Å². The van der Waals surface area contributed by atoms with Gasteiger partial charge in [-0.15, -0.1) is 0 Å². The van der Waals surface area contributed by atoms with Crippen molar-refractivity contribution in [2.24, 2.45) is 0 Å². The first-order valence-corrected chi connectivity index (χ1v) is 9.94. The van der Waals surface area contributed by atoms with Crippen molar-refractivity contribution in [2.75, 3.05) is 6.54 Å². The Balaban J connectivity index is 1.53. The molecule has 2 aliphatic rings. The molecule has 1 amide bonds. The number of thiocarbonyl (C=S) groups is 1. The fourth-order valence-corrected chi connectivity index (χ4v) is 4.80. The van der Waals surface area contributed by atoms with E-state index in [1.54, 1.807) is 0 Å². The van der Waals surface area contributed by atoms with Gasteiger partial charge in [0.2, 0.25) is 0 Å². The SMILES string of the molecule is O=C(O)CCCN1C(=O)C(=Cc2ccc3c(c2)Cc2ccccc2-3)SC1=S. The van der Waals surface area contributed by atoms with Gasteiger partial charge in [0.1, 0.15) is 4.32 Å². The summed E-state index contributed by atoms with van der Waals surface area (Å²) in [5.74, 6) is -1.01. The first kappa shape index (κ1) is 17.9. The molecule has 4 rings (SSSR count). The van der Waals surface area contributed by atoms with E-state index in [-0.39, 0.29) is 12.3 Å². The first-order valence-electron chi connectivity index (χ1n) is 8.71. The fourth-order valence-electron chi connectivity index (χ4n) is 3.49. The number of aliphatic carboxylic acids is 1. The van der Waals surface area contributed by atoms with E-state index in [0.29, 0.717) is 22.2 Å². The van der Waals surface area contributed by atoms with Crippen molar-refractivity contribution in [1.29, 1.82) is 0 Å². The van der Waals surface area contributed by atoms with Gasteiger partial charge in [-0.2, -0.15) is 0 Å². The van der Waals surface area contributed by atoms with Gasteiger partial charge < -0.3 is 5.11 Å². The summed E-state index contributed by atoms with van der Waals surface area (Å²) in [6.07, 6.45) is 3.21. The molecule has 0 saturated carbocycles. The number of nitrogens with zero attached hydrogens (tertiary/aromatic N) is 1. The van der Waals surface area contributed by atoms with Gasteiger partial charge in [0.05, 0.1) is 4.91 Å². The summed E-state index contributed by atoms with van der Waals surface area (Å²) in [7, 11) is 0. The number of carbonyl (C=O) groups is 2. The highest BCUT2D eigenvalue weighted by molar-refractivity contribution is 8.26. The van der Waals surface area contributed by atoms with Crippen LogP contribution in [0.2, 0.25) is 0 Å². The Morgan fingerprint density at radius 2 is 1.96 bits per heavy atom. The van der Waals surface area contributed by atoms with Crippen molar-refractivity contribution in [3.8, 4) is 11.1 Å². The minimum atomic E-state index is -0.866. The summed E-state index contributed by atoms with van der Waals surface area (Å²) >= 11 is 6.57. The molecule has 1 aliphatic heterocycles. The average molecular weight is 396 g/mol. The molecular formula is C21H17NO3S2. The lowest BCUT2D eigenvalue weighted by atomic mass is 10.0. The highest BCUT2D eigenvalue weighted by Gasteiger charge is 2.31. The minimum Gasteiger partial charge on any atom is -0.481 e. The van der Waals surface area contributed by atoms with Crippen molar-refractivity contribution in [3.63, 3.8) is 0 Å². The molecule has 6 heteroatoms. The number of fused-ring (bicyclic) bond motifs is 3. The number of amides is 1. The largest absolute Gasteiger partial charge is 0.481 e. The molecular weight excluding hydrogens is 378 g/mol. The molecule has 1 N–H and O–H groups in total. The van der Waals surface area contributed by atoms with Crippen LogP contribution in [-0.2, 0) is 16.0 Å². The molecule has 2 aromatic carbocycles. The molecule has 0 spiro atoms. The number of thioether (sulfide) groups is 1. The van der Waals surface area contributed by atoms with Crippen LogP contribution >= 0.6 is 24.0 Å². The van der Waals surface area contributed by atoms with Crippen LogP contribution in [0.25, 0.3) is 17.2 Å². The van der Waals surface area contributed by atoms with Crippen LogP contribution in [0.1, 0.15) is 29.5 Å². The van der Waals surface area contributed by atoms with E-state index in [2.05, 4.69) is 36.4 Å². The summed E-state index contributed by atoms with van der Waals surface area (Å²) in [6.45, 7) is 0.341. The lowest BCUT2D eigenvalue weighted by Crippen LogP contribution is -2.29. The zero-order valence-electron chi connectivity index (χ0n) is 14.5. The standard InChI is InChI=1S/C21H17NO3S2/c23-19(24)6-3-9-22-20(25)18(27-21(22)26)11-13-7-8-17-15(10-13)12-14-4-1-2-5-16(14)17/h1-2,4-5,7-8,10-11H,3,6,9,12H2,(H,23,24). The van der Waals surface area contributed by atoms with Gasteiger partial charge in [0.25, 0.3) is 5.91 Å². The monoisotopic (exact) mass is 395 g/mol. The summed E-state index contributed by atoms with van der Waals surface area (Å²) in [4.78, 5) is 25.4. The van der Waals surface area contributed by atoms with E-state index in [1.165, 1.54) is 38.9 Å². The number of hydrogen-bond acceptors (Lipinski definition) is 4. The number of carboxylic acid groups (broad SMARTS) is 1. The second-order valence-electron chi connectivity index (χ2n) is 6.58.